The zero-order valence-corrected chi connectivity index (χ0v) is 16.1. The van der Waals surface area contributed by atoms with Crippen molar-refractivity contribution in [3.05, 3.63) is 52.7 Å². The number of carbonyl (C=O) groups excluding carboxylic acids is 2. The summed E-state index contributed by atoms with van der Waals surface area (Å²) in [4.78, 5) is 24.4. The fourth-order valence-corrected chi connectivity index (χ4v) is 4.21. The lowest BCUT2D eigenvalue weighted by Crippen LogP contribution is -2.84. The predicted molar refractivity (Wildman–Crippen MR) is 99.9 cm³/mol. The molecule has 2 aromatic rings. The highest BCUT2D eigenvalue weighted by atomic mass is 35.5. The molecule has 0 unspecified atom stereocenters. The van der Waals surface area contributed by atoms with Crippen LogP contribution in [-0.2, 0) is 11.2 Å². The molecule has 3 fully saturated rings. The normalized spacial score (nSPS) is 24.7. The van der Waals surface area contributed by atoms with E-state index in [9.17, 15) is 14.0 Å². The molecule has 2 N–H and O–H groups in total. The molecule has 8 heteroatoms. The lowest BCUT2D eigenvalue weighted by molar-refractivity contribution is -0.141. The molecule has 0 spiro atoms. The van der Waals surface area contributed by atoms with E-state index in [4.69, 9.17) is 20.8 Å². The number of nitrogens with one attached hydrogen (secondary N) is 2. The second kappa shape index (κ2) is 6.81. The SMILES string of the molecule is CCc1ccc(C(=O)NC23CC(NC(=O)COc4ccc(Cl)c(F)c4)(C2)C3)o1. The molecule has 3 aliphatic carbocycles. The van der Waals surface area contributed by atoms with Crippen molar-refractivity contribution in [2.45, 2.75) is 43.7 Å². The Hall–Kier alpha value is -2.54. The van der Waals surface area contributed by atoms with Gasteiger partial charge in [-0.3, -0.25) is 9.59 Å². The van der Waals surface area contributed by atoms with Crippen LogP contribution in [0.15, 0.2) is 34.7 Å². The van der Waals surface area contributed by atoms with Crippen LogP contribution in [-0.4, -0.2) is 29.5 Å². The van der Waals surface area contributed by atoms with Crippen LogP contribution in [0, 0.1) is 5.82 Å². The Morgan fingerprint density at radius 1 is 1.18 bits per heavy atom. The minimum Gasteiger partial charge on any atom is -0.484 e. The Morgan fingerprint density at radius 3 is 2.54 bits per heavy atom. The summed E-state index contributed by atoms with van der Waals surface area (Å²) < 4.78 is 24.2. The summed E-state index contributed by atoms with van der Waals surface area (Å²) in [6.45, 7) is 1.75. The molecular formula is C20H20ClFN2O4. The van der Waals surface area contributed by atoms with Gasteiger partial charge < -0.3 is 19.8 Å². The molecular weight excluding hydrogens is 387 g/mol. The van der Waals surface area contributed by atoms with Crippen molar-refractivity contribution >= 4 is 23.4 Å². The van der Waals surface area contributed by atoms with E-state index in [-0.39, 0.29) is 40.3 Å². The van der Waals surface area contributed by atoms with Gasteiger partial charge in [-0.1, -0.05) is 18.5 Å². The van der Waals surface area contributed by atoms with Gasteiger partial charge in [-0.05, 0) is 43.5 Å². The monoisotopic (exact) mass is 406 g/mol. The van der Waals surface area contributed by atoms with Gasteiger partial charge in [0.1, 0.15) is 17.3 Å². The predicted octanol–water partition coefficient (Wildman–Crippen LogP) is 3.23. The Balaban J connectivity index is 1.23. The number of hydrogen-bond donors (Lipinski definition) is 2. The number of ether oxygens (including phenoxy) is 1. The second-order valence-corrected chi connectivity index (χ2v) is 7.98. The van der Waals surface area contributed by atoms with Crippen molar-refractivity contribution in [1.82, 2.24) is 10.6 Å². The molecule has 0 radical (unpaired) electrons. The molecule has 148 valence electrons. The molecule has 0 saturated heterocycles. The van der Waals surface area contributed by atoms with E-state index in [2.05, 4.69) is 10.6 Å². The van der Waals surface area contributed by atoms with Crippen LogP contribution >= 0.6 is 11.6 Å². The minimum atomic E-state index is -0.598. The fraction of sp³-hybridized carbons (Fsp3) is 0.400. The van der Waals surface area contributed by atoms with Gasteiger partial charge in [-0.15, -0.1) is 0 Å². The van der Waals surface area contributed by atoms with Gasteiger partial charge in [-0.25, -0.2) is 4.39 Å². The molecule has 28 heavy (non-hydrogen) atoms. The minimum absolute atomic E-state index is 0.00141. The molecule has 2 bridgehead atoms. The molecule has 3 saturated carbocycles. The van der Waals surface area contributed by atoms with Gasteiger partial charge in [0.25, 0.3) is 11.8 Å². The number of benzene rings is 1. The zero-order chi connectivity index (χ0) is 19.9. The van der Waals surface area contributed by atoms with Gasteiger partial charge in [-0.2, -0.15) is 0 Å². The van der Waals surface area contributed by atoms with Crippen LogP contribution in [0.4, 0.5) is 4.39 Å². The number of furan rings is 1. The molecule has 0 aliphatic heterocycles. The van der Waals surface area contributed by atoms with Crippen LogP contribution < -0.4 is 15.4 Å². The van der Waals surface area contributed by atoms with Crippen molar-refractivity contribution in [2.24, 2.45) is 0 Å². The highest BCUT2D eigenvalue weighted by molar-refractivity contribution is 6.30. The van der Waals surface area contributed by atoms with Crippen molar-refractivity contribution < 1.29 is 23.1 Å². The third kappa shape index (κ3) is 3.46. The third-order valence-electron chi connectivity index (χ3n) is 5.31. The van der Waals surface area contributed by atoms with Gasteiger partial charge >= 0.3 is 0 Å². The van der Waals surface area contributed by atoms with Crippen molar-refractivity contribution in [2.75, 3.05) is 6.61 Å². The topological polar surface area (TPSA) is 80.6 Å². The number of halogens is 2. The van der Waals surface area contributed by atoms with Crippen LogP contribution in [0.5, 0.6) is 5.75 Å². The molecule has 3 aliphatic rings. The number of rotatable bonds is 7. The lowest BCUT2D eigenvalue weighted by Gasteiger charge is -2.70. The maximum Gasteiger partial charge on any atom is 0.287 e. The lowest BCUT2D eigenvalue weighted by atomic mass is 9.44. The number of aryl methyl sites for hydroxylation is 1. The summed E-state index contributed by atoms with van der Waals surface area (Å²) in [6, 6.07) is 7.49. The molecule has 0 atom stereocenters. The molecule has 1 aromatic carbocycles. The molecule has 2 amide bonds. The quantitative estimate of drug-likeness (QED) is 0.739. The van der Waals surface area contributed by atoms with Gasteiger partial charge in [0.15, 0.2) is 12.4 Å². The van der Waals surface area contributed by atoms with Gasteiger partial charge in [0.05, 0.1) is 5.02 Å². The number of amides is 2. The largest absolute Gasteiger partial charge is 0.484 e. The van der Waals surface area contributed by atoms with Crippen LogP contribution in [0.2, 0.25) is 5.02 Å². The van der Waals surface area contributed by atoms with E-state index in [1.807, 2.05) is 6.92 Å². The molecule has 1 aromatic heterocycles. The highest BCUT2D eigenvalue weighted by Crippen LogP contribution is 2.60. The van der Waals surface area contributed by atoms with Crippen molar-refractivity contribution in [1.29, 1.82) is 0 Å². The first-order valence-corrected chi connectivity index (χ1v) is 9.50. The highest BCUT2D eigenvalue weighted by Gasteiger charge is 2.69. The summed E-state index contributed by atoms with van der Waals surface area (Å²) in [7, 11) is 0. The smallest absolute Gasteiger partial charge is 0.287 e. The van der Waals surface area contributed by atoms with Gasteiger partial charge in [0, 0.05) is 23.6 Å². The standard InChI is InChI=1S/C20H20ClFN2O4/c1-2-12-4-6-16(28-12)18(26)24-20-9-19(10-20,11-20)23-17(25)8-27-13-3-5-14(21)15(22)7-13/h3-7H,2,8-11H2,1H3,(H,23,25)(H,24,26). The second-order valence-electron chi connectivity index (χ2n) is 7.58. The summed E-state index contributed by atoms with van der Waals surface area (Å²) in [5, 5.41) is 5.96. The van der Waals surface area contributed by atoms with E-state index in [0.29, 0.717) is 25.0 Å². The van der Waals surface area contributed by atoms with Crippen LogP contribution in [0.1, 0.15) is 42.5 Å². The maximum atomic E-state index is 13.4. The van der Waals surface area contributed by atoms with E-state index in [0.717, 1.165) is 18.2 Å². The maximum absolute atomic E-state index is 13.4. The van der Waals surface area contributed by atoms with E-state index >= 15 is 0 Å². The number of carbonyl (C=O) groups is 2. The fourth-order valence-electron chi connectivity index (χ4n) is 4.09. The van der Waals surface area contributed by atoms with E-state index < -0.39 is 5.82 Å². The van der Waals surface area contributed by atoms with Crippen LogP contribution in [0.3, 0.4) is 0 Å². The Kier molecular flexibility index (Phi) is 4.57. The molecule has 6 nitrogen and oxygen atoms in total. The average Bonchev–Trinajstić information content (AvgIpc) is 3.09. The number of hydrogen-bond acceptors (Lipinski definition) is 4. The summed E-state index contributed by atoms with van der Waals surface area (Å²) in [6.07, 6.45) is 2.76. The van der Waals surface area contributed by atoms with E-state index in [1.165, 1.54) is 12.1 Å². The summed E-state index contributed by atoms with van der Waals surface area (Å²) in [5.41, 5.74) is -0.569. The van der Waals surface area contributed by atoms with Gasteiger partial charge in [0.2, 0.25) is 0 Å². The Morgan fingerprint density at radius 2 is 1.89 bits per heavy atom. The Bertz CT molecular complexity index is 922. The first kappa shape index (κ1) is 18.8. The third-order valence-corrected chi connectivity index (χ3v) is 5.62. The first-order valence-electron chi connectivity index (χ1n) is 9.12. The van der Waals surface area contributed by atoms with Crippen LogP contribution in [0.25, 0.3) is 0 Å². The molecule has 1 heterocycles. The molecule has 5 rings (SSSR count). The van der Waals surface area contributed by atoms with Crippen molar-refractivity contribution in [3.63, 3.8) is 0 Å². The average molecular weight is 407 g/mol. The van der Waals surface area contributed by atoms with E-state index in [1.54, 1.807) is 12.1 Å². The Labute approximate surface area is 166 Å². The summed E-state index contributed by atoms with van der Waals surface area (Å²) in [5.74, 6) is 0.207. The zero-order valence-electron chi connectivity index (χ0n) is 15.3. The first-order chi connectivity index (χ1) is 13.3. The van der Waals surface area contributed by atoms with Crippen molar-refractivity contribution in [3.8, 4) is 5.75 Å². The summed E-state index contributed by atoms with van der Waals surface area (Å²) >= 11 is 5.61.